The van der Waals surface area contributed by atoms with Crippen molar-refractivity contribution in [3.63, 3.8) is 0 Å². The van der Waals surface area contributed by atoms with Crippen molar-refractivity contribution in [3.8, 4) is 0 Å². The number of allylic oxidation sites excluding steroid dienone is 8. The van der Waals surface area contributed by atoms with Crippen LogP contribution in [0.15, 0.2) is 72.9 Å². The Bertz CT molecular complexity index is 721. The van der Waals surface area contributed by atoms with E-state index in [2.05, 4.69) is 47.1 Å². The summed E-state index contributed by atoms with van der Waals surface area (Å²) in [5.41, 5.74) is -0.0931. The summed E-state index contributed by atoms with van der Waals surface area (Å²) in [6.45, 7) is 18.0. The monoisotopic (exact) mass is 572 g/mol. The van der Waals surface area contributed by atoms with Crippen molar-refractivity contribution in [1.29, 1.82) is 0 Å². The van der Waals surface area contributed by atoms with Crippen LogP contribution in [-0.2, 0) is 57.4 Å². The SMILES string of the molecule is C1=C\C=C/C=C\C=C/1.FC(F)(F)c1ccc([C-]=[Fe])cc1.F[B-](F)(F)F.[C-]#[O+].[C-]#[O+].[C-]#[O+].[C-]#[O+].[Fe+2]. The molecule has 4 nitrogen and oxygen atoms in total. The normalized spacial score (nSPS) is 13.5. The number of hydrogen-bond donors (Lipinski definition) is 0. The summed E-state index contributed by atoms with van der Waals surface area (Å²) >= 11 is 3.32. The van der Waals surface area contributed by atoms with Gasteiger partial charge in [0.15, 0.2) is 0 Å². The molecule has 0 radical (unpaired) electrons. The zero-order valence-electron chi connectivity index (χ0n) is 16.5. The summed E-state index contributed by atoms with van der Waals surface area (Å²) in [4.78, 5) is 2.49. The van der Waals surface area contributed by atoms with Gasteiger partial charge in [0.05, 0.1) is 0 Å². The van der Waals surface area contributed by atoms with E-state index in [9.17, 15) is 30.4 Å². The summed E-state index contributed by atoms with van der Waals surface area (Å²) in [5, 5.41) is 0. The molecule has 1 aromatic rings. The maximum atomic E-state index is 12.0. The zero-order valence-corrected chi connectivity index (χ0v) is 18.7. The van der Waals surface area contributed by atoms with Gasteiger partial charge in [-0.05, 0) is 0 Å². The fourth-order valence-corrected chi connectivity index (χ4v) is 1.42. The van der Waals surface area contributed by atoms with Crippen molar-refractivity contribution >= 4 is 12.2 Å². The largest absolute Gasteiger partial charge is 2.00 e. The molecule has 0 heterocycles. The molecule has 0 fully saturated rings. The summed E-state index contributed by atoms with van der Waals surface area (Å²) < 4.78 is 105. The van der Waals surface area contributed by atoms with E-state index in [1.165, 1.54) is 12.1 Å². The van der Waals surface area contributed by atoms with E-state index < -0.39 is 19.0 Å². The van der Waals surface area contributed by atoms with Gasteiger partial charge in [-0.2, -0.15) is 0 Å². The minimum absolute atomic E-state index is 0. The minimum atomic E-state index is -6.00. The van der Waals surface area contributed by atoms with Crippen LogP contribution in [0.25, 0.3) is 0 Å². The third-order valence-electron chi connectivity index (χ3n) is 2.20. The second kappa shape index (κ2) is 32.8. The molecule has 2 rings (SSSR count). The first kappa shape index (κ1) is 45.2. The molecule has 0 bridgehead atoms. The molecule has 1 aliphatic carbocycles. The molecule has 0 aromatic heterocycles. The van der Waals surface area contributed by atoms with E-state index in [4.69, 9.17) is 18.6 Å². The average Bonchev–Trinajstić information content (AvgIpc) is 2.78. The van der Waals surface area contributed by atoms with E-state index in [1.807, 2.05) is 48.6 Å². The minimum Gasteiger partial charge on any atom is 2.00 e. The topological polar surface area (TPSA) is 79.6 Å². The number of benzene rings is 1. The van der Waals surface area contributed by atoms with Gasteiger partial charge in [0.25, 0.3) is 0 Å². The number of rotatable bonds is 1. The standard InChI is InChI=1S/C8H4F3.C8H8.4CO.BF4.2Fe/c1-6-2-4-7(5-3-6)8(9,10)11;1-2-4-6-8-7-5-3-1;4*1-2;2-1(3,4)5;;/h2-5H;1-8H;;;;;;;/q-1;;;;;;-1;;+2/b;2-1-,3-1?,4-2?,5-3-,6-4-,7-5?,8-6?,8-7-;;;;;;;. The van der Waals surface area contributed by atoms with Crippen LogP contribution in [-0.4, -0.2) is 12.2 Å². The van der Waals surface area contributed by atoms with Crippen LogP contribution < -0.4 is 0 Å². The third-order valence-corrected chi connectivity index (χ3v) is 2.52. The first-order valence-electron chi connectivity index (χ1n) is 7.42. The van der Waals surface area contributed by atoms with Gasteiger partial charge in [0.1, 0.15) is 0 Å². The quantitative estimate of drug-likeness (QED) is 0.181. The van der Waals surface area contributed by atoms with Gasteiger partial charge in [-0.15, -0.1) is 0 Å². The summed E-state index contributed by atoms with van der Waals surface area (Å²) in [7, 11) is -6.00. The van der Waals surface area contributed by atoms with E-state index in [0.717, 1.165) is 12.1 Å². The van der Waals surface area contributed by atoms with E-state index in [-0.39, 0.29) is 17.1 Å². The van der Waals surface area contributed by atoms with E-state index in [0.29, 0.717) is 5.56 Å². The number of hydrogen-bond acceptors (Lipinski definition) is 0. The van der Waals surface area contributed by atoms with Gasteiger partial charge in [-0.25, -0.2) is 0 Å². The van der Waals surface area contributed by atoms with Gasteiger partial charge in [-0.3, -0.25) is 0 Å². The van der Waals surface area contributed by atoms with Crippen LogP contribution in [0, 0.1) is 26.6 Å². The summed E-state index contributed by atoms with van der Waals surface area (Å²) in [5.74, 6) is 0. The van der Waals surface area contributed by atoms with Gasteiger partial charge in [0.2, 0.25) is 0 Å². The fourth-order valence-electron chi connectivity index (χ4n) is 1.23. The molecule has 14 heteroatoms. The molecule has 0 unspecified atom stereocenters. The first-order valence-corrected chi connectivity index (χ1v) is 7.97. The molecular weight excluding hydrogens is 560 g/mol. The number of alkyl halides is 3. The van der Waals surface area contributed by atoms with Crippen molar-refractivity contribution in [2.45, 2.75) is 6.18 Å². The van der Waals surface area contributed by atoms with Crippen molar-refractivity contribution in [3.05, 3.63) is 111 Å². The molecule has 0 saturated carbocycles. The predicted octanol–water partition coefficient (Wildman–Crippen LogP) is 5.65. The van der Waals surface area contributed by atoms with Crippen molar-refractivity contribution in [2.75, 3.05) is 0 Å². The molecule has 1 aromatic carbocycles. The first-order chi connectivity index (χ1) is 15.5. The Morgan fingerprint density at radius 1 is 0.618 bits per heavy atom. The van der Waals surface area contributed by atoms with Crippen molar-refractivity contribution in [2.24, 2.45) is 0 Å². The Morgan fingerprint density at radius 3 is 0.971 bits per heavy atom. The molecule has 1 aliphatic rings. The van der Waals surface area contributed by atoms with E-state index in [1.54, 1.807) is 0 Å². The van der Waals surface area contributed by atoms with Crippen LogP contribution >= 0.6 is 0 Å². The second-order valence-corrected chi connectivity index (χ2v) is 4.47. The molecule has 34 heavy (non-hydrogen) atoms. The molecule has 0 N–H and O–H groups in total. The molecule has 0 atom stereocenters. The summed E-state index contributed by atoms with van der Waals surface area (Å²) in [6, 6.07) is 4.67. The second-order valence-electron chi connectivity index (χ2n) is 4.20. The van der Waals surface area contributed by atoms with Crippen LogP contribution in [0.1, 0.15) is 11.1 Å². The third kappa shape index (κ3) is 43.5. The Labute approximate surface area is 210 Å². The van der Waals surface area contributed by atoms with Crippen LogP contribution in [0.5, 0.6) is 0 Å². The Kier molecular flexibility index (Phi) is 43.6. The smallest absolute Gasteiger partial charge is 2.00 e. The van der Waals surface area contributed by atoms with Crippen LogP contribution in [0.4, 0.5) is 30.4 Å². The van der Waals surface area contributed by atoms with Crippen molar-refractivity contribution in [1.82, 2.24) is 0 Å². The van der Waals surface area contributed by atoms with Gasteiger partial charge < -0.3 is 17.3 Å². The molecule has 0 amide bonds. The number of halogens is 7. The van der Waals surface area contributed by atoms with Gasteiger partial charge in [-0.1, -0.05) is 48.6 Å². The van der Waals surface area contributed by atoms with Crippen molar-refractivity contribution < 1.29 is 81.7 Å². The predicted molar refractivity (Wildman–Crippen MR) is 98.0 cm³/mol. The van der Waals surface area contributed by atoms with Crippen LogP contribution in [0.3, 0.4) is 0 Å². The summed E-state index contributed by atoms with van der Waals surface area (Å²) in [6.07, 6.45) is 11.7. The van der Waals surface area contributed by atoms with Gasteiger partial charge >= 0.3 is 145 Å². The van der Waals surface area contributed by atoms with Crippen LogP contribution in [0.2, 0.25) is 0 Å². The Morgan fingerprint density at radius 2 is 0.824 bits per heavy atom. The average molecular weight is 572 g/mol. The molecule has 0 spiro atoms. The molecule has 184 valence electrons. The van der Waals surface area contributed by atoms with Gasteiger partial charge in [0, 0.05) is 0 Å². The van der Waals surface area contributed by atoms with E-state index >= 15 is 0 Å². The molecule has 0 aliphatic heterocycles. The zero-order chi connectivity index (χ0) is 27.3. The Balaban J connectivity index is -0.0000000781. The maximum absolute atomic E-state index is 12.0. The fraction of sp³-hybridized carbons (Fsp3) is 0.0500. The Hall–Kier alpha value is -2.38. The maximum Gasteiger partial charge on any atom is 2.00 e. The molecular formula is C20H12BF7Fe2O4. The molecule has 0 saturated heterocycles.